The van der Waals surface area contributed by atoms with E-state index < -0.39 is 32.0 Å². The number of benzene rings is 2. The Morgan fingerprint density at radius 3 is 1.19 bits per heavy atom. The zero-order chi connectivity index (χ0) is 19.2. The van der Waals surface area contributed by atoms with Gasteiger partial charge >= 0.3 is 29.6 Å². The van der Waals surface area contributed by atoms with Crippen LogP contribution in [-0.4, -0.2) is 50.8 Å². The summed E-state index contributed by atoms with van der Waals surface area (Å²) >= 11 is 0. The van der Waals surface area contributed by atoms with Gasteiger partial charge in [-0.2, -0.15) is 16.8 Å². The maximum Gasteiger partial charge on any atom is 1.00 e. The first-order chi connectivity index (χ1) is 12.1. The minimum Gasteiger partial charge on any atom is -0.354 e. The van der Waals surface area contributed by atoms with Crippen molar-refractivity contribution in [3.63, 3.8) is 0 Å². The number of anilines is 2. The van der Waals surface area contributed by atoms with E-state index in [9.17, 15) is 25.9 Å². The molecular formula is C16H20N2NaO6S2+. The molecule has 0 aromatic heterocycles. The van der Waals surface area contributed by atoms with Crippen LogP contribution in [0.15, 0.2) is 60.7 Å². The van der Waals surface area contributed by atoms with Gasteiger partial charge in [0.05, 0.1) is 0 Å². The molecule has 0 saturated heterocycles. The third kappa shape index (κ3) is 9.06. The van der Waals surface area contributed by atoms with Crippen molar-refractivity contribution in [3.8, 4) is 0 Å². The Kier molecular flexibility index (Phi) is 9.22. The smallest absolute Gasteiger partial charge is 0.354 e. The van der Waals surface area contributed by atoms with E-state index in [4.69, 9.17) is 0 Å². The fourth-order valence-electron chi connectivity index (χ4n) is 2.45. The average Bonchev–Trinajstić information content (AvgIpc) is 2.57. The normalized spacial score (nSPS) is 11.5. The average molecular weight is 423 g/mol. The second kappa shape index (κ2) is 10.4. The first-order valence-corrected chi connectivity index (χ1v) is 10.9. The summed E-state index contributed by atoms with van der Waals surface area (Å²) in [4.78, 5) is 2.82. The summed E-state index contributed by atoms with van der Waals surface area (Å²) < 4.78 is 63.7. The molecule has 0 aliphatic rings. The fraction of sp³-hybridized carbons (Fsp3) is 0.250. The predicted octanol–water partition coefficient (Wildman–Crippen LogP) is -1.31. The second-order valence-corrected chi connectivity index (χ2v) is 8.46. The molecule has 0 saturated carbocycles. The second-order valence-electron chi connectivity index (χ2n) is 5.62. The van der Waals surface area contributed by atoms with Gasteiger partial charge in [-0.3, -0.25) is 9.11 Å². The molecule has 0 aliphatic heterocycles. The van der Waals surface area contributed by atoms with Crippen LogP contribution in [0.1, 0.15) is 0 Å². The van der Waals surface area contributed by atoms with Gasteiger partial charge in [0, 0.05) is 24.5 Å². The Morgan fingerprint density at radius 1 is 0.630 bits per heavy atom. The maximum atomic E-state index is 11.3. The van der Waals surface area contributed by atoms with Gasteiger partial charge in [0.1, 0.15) is 11.8 Å². The molecular weight excluding hydrogens is 403 g/mol. The van der Waals surface area contributed by atoms with Crippen molar-refractivity contribution in [2.24, 2.45) is 0 Å². The molecule has 0 bridgehead atoms. The molecule has 142 valence electrons. The van der Waals surface area contributed by atoms with E-state index in [1.807, 2.05) is 0 Å². The summed E-state index contributed by atoms with van der Waals surface area (Å²) in [6.45, 7) is 0.211. The maximum absolute atomic E-state index is 11.3. The van der Waals surface area contributed by atoms with Crippen molar-refractivity contribution < 1.29 is 55.5 Å². The number of hydrogen-bond acceptors (Lipinski definition) is 6. The monoisotopic (exact) mass is 423 g/mol. The SMILES string of the molecule is O=S(=O)(O)CN(CCN(CS(=O)(=O)O)c1ccccc1)c1ccccc1.[Na+]. The number of para-hydroxylation sites is 2. The van der Waals surface area contributed by atoms with E-state index in [-0.39, 0.29) is 42.6 Å². The van der Waals surface area contributed by atoms with Gasteiger partial charge in [0.25, 0.3) is 20.2 Å². The zero-order valence-electron chi connectivity index (χ0n) is 14.8. The third-order valence-corrected chi connectivity index (χ3v) is 4.80. The van der Waals surface area contributed by atoms with Crippen molar-refractivity contribution in [1.82, 2.24) is 0 Å². The fourth-order valence-corrected chi connectivity index (χ4v) is 3.79. The summed E-state index contributed by atoms with van der Waals surface area (Å²) in [7, 11) is -8.56. The first kappa shape index (κ1) is 23.9. The van der Waals surface area contributed by atoms with Crippen LogP contribution in [0.5, 0.6) is 0 Å². The van der Waals surface area contributed by atoms with E-state index in [0.717, 1.165) is 0 Å². The van der Waals surface area contributed by atoms with Crippen molar-refractivity contribution >= 4 is 31.6 Å². The molecule has 0 fully saturated rings. The van der Waals surface area contributed by atoms with Crippen LogP contribution in [0.2, 0.25) is 0 Å². The van der Waals surface area contributed by atoms with Crippen molar-refractivity contribution in [1.29, 1.82) is 0 Å². The molecule has 0 amide bonds. The topological polar surface area (TPSA) is 115 Å². The molecule has 27 heavy (non-hydrogen) atoms. The van der Waals surface area contributed by atoms with E-state index >= 15 is 0 Å². The van der Waals surface area contributed by atoms with Crippen LogP contribution in [0.4, 0.5) is 11.4 Å². The molecule has 2 aromatic rings. The summed E-state index contributed by atoms with van der Waals surface area (Å²) in [5, 5.41) is 0. The number of rotatable bonds is 9. The van der Waals surface area contributed by atoms with Crippen LogP contribution < -0.4 is 39.4 Å². The molecule has 0 heterocycles. The molecule has 0 aliphatic carbocycles. The summed E-state index contributed by atoms with van der Waals surface area (Å²) in [5.74, 6) is -1.27. The van der Waals surface area contributed by atoms with Gasteiger partial charge in [-0.25, -0.2) is 0 Å². The first-order valence-electron chi connectivity index (χ1n) is 7.64. The van der Waals surface area contributed by atoms with Crippen molar-refractivity contribution in [3.05, 3.63) is 60.7 Å². The minimum atomic E-state index is -4.28. The molecule has 2 N–H and O–H groups in total. The van der Waals surface area contributed by atoms with Gasteiger partial charge in [0.15, 0.2) is 0 Å². The van der Waals surface area contributed by atoms with Gasteiger partial charge in [0.2, 0.25) is 0 Å². The van der Waals surface area contributed by atoms with Gasteiger partial charge in [-0.1, -0.05) is 36.4 Å². The molecule has 11 heteroatoms. The van der Waals surface area contributed by atoms with Crippen LogP contribution in [0.3, 0.4) is 0 Å². The minimum absolute atomic E-state index is 0. The molecule has 8 nitrogen and oxygen atoms in total. The van der Waals surface area contributed by atoms with Crippen molar-refractivity contribution in [2.75, 3.05) is 34.6 Å². The predicted molar refractivity (Wildman–Crippen MR) is 100 cm³/mol. The Morgan fingerprint density at radius 2 is 0.926 bits per heavy atom. The zero-order valence-corrected chi connectivity index (χ0v) is 18.5. The summed E-state index contributed by atoms with van der Waals surface area (Å²) in [6.07, 6.45) is 0. The van der Waals surface area contributed by atoms with E-state index in [1.165, 1.54) is 9.80 Å². The number of nitrogens with zero attached hydrogens (tertiary/aromatic N) is 2. The molecule has 0 unspecified atom stereocenters. The molecule has 2 aromatic carbocycles. The third-order valence-electron chi connectivity index (χ3n) is 3.52. The summed E-state index contributed by atoms with van der Waals surface area (Å²) in [6, 6.07) is 17.1. The Bertz CT molecular complexity index is 831. The Balaban J connectivity index is 0.00000364. The van der Waals surface area contributed by atoms with E-state index in [0.29, 0.717) is 11.4 Å². The molecule has 0 atom stereocenters. The van der Waals surface area contributed by atoms with E-state index in [2.05, 4.69) is 0 Å². The van der Waals surface area contributed by atoms with Crippen LogP contribution in [-0.2, 0) is 20.2 Å². The van der Waals surface area contributed by atoms with Crippen molar-refractivity contribution in [2.45, 2.75) is 0 Å². The molecule has 0 spiro atoms. The van der Waals surface area contributed by atoms with Gasteiger partial charge in [-0.15, -0.1) is 0 Å². The Labute approximate surface area is 181 Å². The number of hydrogen-bond donors (Lipinski definition) is 2. The van der Waals surface area contributed by atoms with E-state index in [1.54, 1.807) is 60.7 Å². The Hall–Kier alpha value is -1.14. The van der Waals surface area contributed by atoms with Gasteiger partial charge < -0.3 is 9.80 Å². The van der Waals surface area contributed by atoms with Crippen LogP contribution >= 0.6 is 0 Å². The standard InChI is InChI=1S/C16H20N2O6S2.Na/c19-25(20,21)13-17(15-7-3-1-4-8-15)11-12-18(14-26(22,23)24)16-9-5-2-6-10-16;/h1-10H,11-14H2,(H,19,20,21)(H,22,23,24);/q;+1. The van der Waals surface area contributed by atoms with Crippen LogP contribution in [0.25, 0.3) is 0 Å². The quantitative estimate of drug-likeness (QED) is 0.378. The largest absolute Gasteiger partial charge is 1.00 e. The molecule has 0 radical (unpaired) electrons. The molecule has 2 rings (SSSR count). The van der Waals surface area contributed by atoms with Gasteiger partial charge in [-0.05, 0) is 24.3 Å². The van der Waals surface area contributed by atoms with Crippen LogP contribution in [0, 0.1) is 0 Å². The summed E-state index contributed by atoms with van der Waals surface area (Å²) in [5.41, 5.74) is 1.12.